The lowest BCUT2D eigenvalue weighted by molar-refractivity contribution is -0.382. The van der Waals surface area contributed by atoms with Gasteiger partial charge in [-0.2, -0.15) is 0 Å². The molecule has 11 nitrogen and oxygen atoms in total. The Bertz CT molecular complexity index is 1150. The quantitative estimate of drug-likeness (QED) is 0.494. The van der Waals surface area contributed by atoms with Gasteiger partial charge in [-0.1, -0.05) is 6.07 Å². The first-order chi connectivity index (χ1) is 13.4. The number of anilines is 3. The van der Waals surface area contributed by atoms with E-state index in [1.165, 1.54) is 0 Å². The highest BCUT2D eigenvalue weighted by Gasteiger charge is 2.34. The fourth-order valence-corrected chi connectivity index (χ4v) is 5.09. The second kappa shape index (κ2) is 6.71. The summed E-state index contributed by atoms with van der Waals surface area (Å²) in [6, 6.07) is 6.42. The topological polar surface area (TPSA) is 144 Å². The minimum Gasteiger partial charge on any atom is -0.369 e. The molecule has 1 fully saturated rings. The van der Waals surface area contributed by atoms with E-state index in [0.29, 0.717) is 17.9 Å². The lowest BCUT2D eigenvalue weighted by Gasteiger charge is -2.26. The lowest BCUT2D eigenvalue weighted by atomic mass is 10.1. The Kier molecular flexibility index (Phi) is 4.34. The summed E-state index contributed by atoms with van der Waals surface area (Å²) in [6.45, 7) is 0. The molecule has 0 saturated carbocycles. The van der Waals surface area contributed by atoms with Gasteiger partial charge >= 0.3 is 5.69 Å². The molecule has 0 aliphatic carbocycles. The molecule has 1 saturated heterocycles. The van der Waals surface area contributed by atoms with Crippen molar-refractivity contribution in [2.45, 2.75) is 12.5 Å². The molecule has 28 heavy (non-hydrogen) atoms. The first kappa shape index (κ1) is 18.1. The predicted molar refractivity (Wildman–Crippen MR) is 101 cm³/mol. The Morgan fingerprint density at radius 2 is 2.11 bits per heavy atom. The number of aromatic nitrogens is 3. The first-order valence-corrected chi connectivity index (χ1v) is 10.2. The normalized spacial score (nSPS) is 18.2. The molecule has 4 rings (SSSR count). The van der Waals surface area contributed by atoms with Gasteiger partial charge in [-0.05, 0) is 34.9 Å². The van der Waals surface area contributed by atoms with Gasteiger partial charge in [-0.3, -0.25) is 10.1 Å². The van der Waals surface area contributed by atoms with Gasteiger partial charge in [0.1, 0.15) is 11.5 Å². The summed E-state index contributed by atoms with van der Waals surface area (Å²) < 4.78 is 28.5. The summed E-state index contributed by atoms with van der Waals surface area (Å²) in [5, 5.41) is 22.1. The number of nitro groups is 1. The summed E-state index contributed by atoms with van der Waals surface area (Å²) in [4.78, 5) is 17.0. The molecule has 1 aliphatic heterocycles. The first-order valence-electron chi connectivity index (χ1n) is 8.41. The van der Waals surface area contributed by atoms with Gasteiger partial charge in [-0.15, -0.1) is 0 Å². The molecule has 1 aliphatic rings. The lowest BCUT2D eigenvalue weighted by Crippen LogP contribution is -2.32. The molecule has 12 heteroatoms. The fourth-order valence-electron chi connectivity index (χ4n) is 3.31. The molecule has 1 N–H and O–H groups in total. The van der Waals surface area contributed by atoms with Crippen molar-refractivity contribution >= 4 is 43.8 Å². The highest BCUT2D eigenvalue weighted by molar-refractivity contribution is 7.91. The second-order valence-electron chi connectivity index (χ2n) is 6.52. The average molecular weight is 404 g/mol. The number of rotatable bonds is 5. The maximum Gasteiger partial charge on any atom is 0.324 e. The molecule has 2 aromatic heterocycles. The van der Waals surface area contributed by atoms with Gasteiger partial charge in [-0.25, -0.2) is 18.0 Å². The second-order valence-corrected chi connectivity index (χ2v) is 8.75. The smallest absolute Gasteiger partial charge is 0.324 e. The Morgan fingerprint density at radius 1 is 1.32 bits per heavy atom. The van der Waals surface area contributed by atoms with E-state index in [2.05, 4.69) is 20.6 Å². The van der Waals surface area contributed by atoms with Crippen LogP contribution in [0.2, 0.25) is 0 Å². The monoisotopic (exact) mass is 404 g/mol. The van der Waals surface area contributed by atoms with E-state index >= 15 is 0 Å². The Labute approximate surface area is 159 Å². The van der Waals surface area contributed by atoms with Gasteiger partial charge in [0.15, 0.2) is 15.4 Å². The number of hydrogen-bond acceptors (Lipinski definition) is 10. The van der Waals surface area contributed by atoms with E-state index in [1.54, 1.807) is 42.4 Å². The molecule has 146 valence electrons. The van der Waals surface area contributed by atoms with Crippen molar-refractivity contribution in [1.29, 1.82) is 0 Å². The number of nitrogens with one attached hydrogen (secondary N) is 1. The molecule has 0 amide bonds. The molecule has 3 aromatic rings. The zero-order valence-electron chi connectivity index (χ0n) is 14.8. The van der Waals surface area contributed by atoms with Crippen molar-refractivity contribution in [1.82, 2.24) is 15.3 Å². The van der Waals surface area contributed by atoms with Crippen molar-refractivity contribution in [3.8, 4) is 0 Å². The minimum absolute atomic E-state index is 0.0102. The minimum atomic E-state index is -3.10. The molecule has 1 aromatic carbocycles. The van der Waals surface area contributed by atoms with Crippen LogP contribution in [0.4, 0.5) is 22.9 Å². The average Bonchev–Trinajstić information content (AvgIpc) is 3.27. The Balaban J connectivity index is 1.84. The van der Waals surface area contributed by atoms with Crippen molar-refractivity contribution in [3.05, 3.63) is 40.6 Å². The largest absolute Gasteiger partial charge is 0.369 e. The molecule has 0 spiro atoms. The Morgan fingerprint density at radius 3 is 2.75 bits per heavy atom. The number of nitrogens with zero attached hydrogens (tertiary/aromatic N) is 5. The number of sulfone groups is 1. The van der Waals surface area contributed by atoms with Crippen LogP contribution >= 0.6 is 0 Å². The Hall–Kier alpha value is -3.28. The molecular weight excluding hydrogens is 388 g/mol. The predicted octanol–water partition coefficient (Wildman–Crippen LogP) is 1.89. The summed E-state index contributed by atoms with van der Waals surface area (Å²) in [5.41, 5.74) is 0.536. The van der Waals surface area contributed by atoms with Crippen LogP contribution < -0.4 is 10.2 Å². The zero-order chi connectivity index (χ0) is 19.9. The van der Waals surface area contributed by atoms with E-state index in [4.69, 9.17) is 4.63 Å². The van der Waals surface area contributed by atoms with E-state index in [1.807, 2.05) is 0 Å². The molecule has 1 atom stereocenters. The van der Waals surface area contributed by atoms with Crippen LogP contribution in [0.15, 0.2) is 35.1 Å². The number of pyridine rings is 1. The summed E-state index contributed by atoms with van der Waals surface area (Å²) in [7, 11) is -1.38. The molecule has 3 heterocycles. The van der Waals surface area contributed by atoms with Gasteiger partial charge < -0.3 is 10.2 Å². The zero-order valence-corrected chi connectivity index (χ0v) is 15.6. The van der Waals surface area contributed by atoms with Crippen LogP contribution in [-0.4, -0.2) is 53.2 Å². The number of benzene rings is 1. The van der Waals surface area contributed by atoms with Crippen LogP contribution in [-0.2, 0) is 9.84 Å². The van der Waals surface area contributed by atoms with Gasteiger partial charge in [0.2, 0.25) is 5.52 Å². The third-order valence-corrected chi connectivity index (χ3v) is 6.49. The third kappa shape index (κ3) is 3.22. The van der Waals surface area contributed by atoms with E-state index in [-0.39, 0.29) is 40.0 Å². The number of nitro benzene ring substituents is 1. The van der Waals surface area contributed by atoms with Gasteiger partial charge in [0.25, 0.3) is 0 Å². The fraction of sp³-hybridized carbons (Fsp3) is 0.312. The van der Waals surface area contributed by atoms with E-state index in [0.717, 1.165) is 0 Å². The maximum absolute atomic E-state index is 11.9. The molecule has 0 bridgehead atoms. The summed E-state index contributed by atoms with van der Waals surface area (Å²) in [6.07, 6.45) is 2.02. The van der Waals surface area contributed by atoms with Crippen molar-refractivity contribution in [3.63, 3.8) is 0 Å². The molecular formula is C16H16N6O5S. The molecule has 0 radical (unpaired) electrons. The summed E-state index contributed by atoms with van der Waals surface area (Å²) >= 11 is 0. The third-order valence-electron chi connectivity index (χ3n) is 4.74. The van der Waals surface area contributed by atoms with Crippen molar-refractivity contribution < 1.29 is 18.0 Å². The SMILES string of the molecule is CN(c1cc(Nc2ccccn2)c([N+](=O)[O-])c2nonc12)C1CCS(=O)(=O)C1. The van der Waals surface area contributed by atoms with Crippen LogP contribution in [0.3, 0.4) is 0 Å². The highest BCUT2D eigenvalue weighted by Crippen LogP contribution is 2.40. The van der Waals surface area contributed by atoms with E-state index in [9.17, 15) is 18.5 Å². The van der Waals surface area contributed by atoms with Crippen LogP contribution in [0.25, 0.3) is 11.0 Å². The molecule has 1 unspecified atom stereocenters. The maximum atomic E-state index is 11.9. The van der Waals surface area contributed by atoms with Crippen molar-refractivity contribution in [2.75, 3.05) is 28.8 Å². The number of fused-ring (bicyclic) bond motifs is 1. The number of hydrogen-bond donors (Lipinski definition) is 1. The van der Waals surface area contributed by atoms with Crippen LogP contribution in [0, 0.1) is 10.1 Å². The van der Waals surface area contributed by atoms with Crippen LogP contribution in [0.1, 0.15) is 6.42 Å². The van der Waals surface area contributed by atoms with Crippen LogP contribution in [0.5, 0.6) is 0 Å². The highest BCUT2D eigenvalue weighted by atomic mass is 32.2. The standard InChI is InChI=1S/C16H16N6O5S/c1-21(10-5-7-28(25,26)9-10)12-8-11(18-13-4-2-3-6-17-13)16(22(23)24)15-14(12)19-27-20-15/h2-4,6,8,10H,5,7,9H2,1H3,(H,17,18). The van der Waals surface area contributed by atoms with E-state index < -0.39 is 14.8 Å². The van der Waals surface area contributed by atoms with Gasteiger partial charge in [0, 0.05) is 19.3 Å². The van der Waals surface area contributed by atoms with Gasteiger partial charge in [0.05, 0.1) is 22.1 Å². The van der Waals surface area contributed by atoms with Crippen molar-refractivity contribution in [2.24, 2.45) is 0 Å². The summed E-state index contributed by atoms with van der Waals surface area (Å²) in [5.74, 6) is 0.531.